The first-order valence-electron chi connectivity index (χ1n) is 4.16. The molecule has 1 atom stereocenters. The molecule has 1 aromatic carbocycles. The highest BCUT2D eigenvalue weighted by Gasteiger charge is 2.40. The molecule has 0 fully saturated rings. The number of rotatable bonds is 2. The van der Waals surface area contributed by atoms with E-state index in [4.69, 9.17) is 5.73 Å². The molecule has 0 saturated carbocycles. The van der Waals surface area contributed by atoms with Crippen LogP contribution in [0.4, 0.5) is 17.6 Å². The van der Waals surface area contributed by atoms with Gasteiger partial charge in [0, 0.05) is 11.6 Å². The van der Waals surface area contributed by atoms with Gasteiger partial charge in [0.05, 0.1) is 7.11 Å². The molecule has 1 rings (SSSR count). The Labute approximate surface area is 101 Å². The predicted molar refractivity (Wildman–Crippen MR) is 54.8 cm³/mol. The van der Waals surface area contributed by atoms with E-state index >= 15 is 0 Å². The van der Waals surface area contributed by atoms with Crippen molar-refractivity contribution >= 4 is 12.4 Å². The maximum absolute atomic E-state index is 12.9. The fourth-order valence-electron chi connectivity index (χ4n) is 1.16. The zero-order valence-corrected chi connectivity index (χ0v) is 9.40. The summed E-state index contributed by atoms with van der Waals surface area (Å²) in [4.78, 5) is 0. The minimum atomic E-state index is -4.77. The minimum Gasteiger partial charge on any atom is -0.504 e. The van der Waals surface area contributed by atoms with Crippen LogP contribution >= 0.6 is 12.4 Å². The number of hydrogen-bond donors (Lipinski definition) is 2. The highest BCUT2D eigenvalue weighted by molar-refractivity contribution is 5.85. The first kappa shape index (κ1) is 15.8. The van der Waals surface area contributed by atoms with E-state index in [0.29, 0.717) is 6.07 Å². The van der Waals surface area contributed by atoms with Crippen LogP contribution in [-0.2, 0) is 0 Å². The smallest absolute Gasteiger partial charge is 0.407 e. The Balaban J connectivity index is 0.00000256. The summed E-state index contributed by atoms with van der Waals surface area (Å²) in [5.41, 5.74) is 4.10. The van der Waals surface area contributed by atoms with Gasteiger partial charge in [0.15, 0.2) is 11.5 Å². The highest BCUT2D eigenvalue weighted by atomic mass is 35.5. The molecule has 0 aromatic heterocycles. The van der Waals surface area contributed by atoms with Crippen LogP contribution in [-0.4, -0.2) is 18.4 Å². The van der Waals surface area contributed by atoms with E-state index in [0.717, 1.165) is 13.2 Å². The van der Waals surface area contributed by atoms with Crippen LogP contribution in [0.25, 0.3) is 0 Å². The molecule has 8 heteroatoms. The van der Waals surface area contributed by atoms with E-state index in [9.17, 15) is 22.7 Å². The van der Waals surface area contributed by atoms with Crippen LogP contribution in [0.15, 0.2) is 12.1 Å². The Morgan fingerprint density at radius 2 is 1.88 bits per heavy atom. The molecule has 0 heterocycles. The minimum absolute atomic E-state index is 0. The normalized spacial score (nSPS) is 12.8. The lowest BCUT2D eigenvalue weighted by atomic mass is 10.1. The number of nitrogens with two attached hydrogens (primary N) is 1. The number of methoxy groups -OCH3 is 1. The van der Waals surface area contributed by atoms with E-state index in [-0.39, 0.29) is 12.4 Å². The third-order valence-corrected chi connectivity index (χ3v) is 1.98. The van der Waals surface area contributed by atoms with Crippen molar-refractivity contribution in [3.8, 4) is 11.5 Å². The quantitative estimate of drug-likeness (QED) is 0.816. The third-order valence-electron chi connectivity index (χ3n) is 1.98. The second-order valence-corrected chi connectivity index (χ2v) is 3.07. The molecule has 0 radical (unpaired) electrons. The SMILES string of the molecule is COc1cc(F)cc([C@H](N)C(F)(F)F)c1O.Cl. The molecule has 0 bridgehead atoms. The van der Waals surface area contributed by atoms with Gasteiger partial charge in [-0.25, -0.2) is 4.39 Å². The van der Waals surface area contributed by atoms with Gasteiger partial charge >= 0.3 is 6.18 Å². The summed E-state index contributed by atoms with van der Waals surface area (Å²) in [6, 6.07) is -1.17. The monoisotopic (exact) mass is 275 g/mol. The van der Waals surface area contributed by atoms with Gasteiger partial charge in [0.2, 0.25) is 0 Å². The molecule has 17 heavy (non-hydrogen) atoms. The lowest BCUT2D eigenvalue weighted by Crippen LogP contribution is -2.28. The zero-order valence-electron chi connectivity index (χ0n) is 8.58. The van der Waals surface area contributed by atoms with Crippen LogP contribution in [0.5, 0.6) is 11.5 Å². The van der Waals surface area contributed by atoms with Crippen molar-refractivity contribution in [2.45, 2.75) is 12.2 Å². The van der Waals surface area contributed by atoms with Gasteiger partial charge in [-0.1, -0.05) is 0 Å². The van der Waals surface area contributed by atoms with Crippen LogP contribution in [0.2, 0.25) is 0 Å². The topological polar surface area (TPSA) is 55.5 Å². The Morgan fingerprint density at radius 1 is 1.35 bits per heavy atom. The second-order valence-electron chi connectivity index (χ2n) is 3.07. The molecule has 1 aromatic rings. The van der Waals surface area contributed by atoms with Crippen molar-refractivity contribution in [2.24, 2.45) is 5.73 Å². The maximum atomic E-state index is 12.9. The number of alkyl halides is 3. The number of benzene rings is 1. The van der Waals surface area contributed by atoms with E-state index in [1.54, 1.807) is 0 Å². The van der Waals surface area contributed by atoms with Crippen molar-refractivity contribution in [3.63, 3.8) is 0 Å². The number of phenolic OH excluding ortho intramolecular Hbond substituents is 1. The second kappa shape index (κ2) is 5.42. The van der Waals surface area contributed by atoms with Gasteiger partial charge < -0.3 is 15.6 Å². The summed E-state index contributed by atoms with van der Waals surface area (Å²) in [6.45, 7) is 0. The van der Waals surface area contributed by atoms with Gasteiger partial charge in [-0.05, 0) is 6.07 Å². The fourth-order valence-corrected chi connectivity index (χ4v) is 1.16. The van der Waals surface area contributed by atoms with Crippen LogP contribution in [0.1, 0.15) is 11.6 Å². The molecular weight excluding hydrogens is 266 g/mol. The fraction of sp³-hybridized carbons (Fsp3) is 0.333. The van der Waals surface area contributed by atoms with Gasteiger partial charge in [0.1, 0.15) is 11.9 Å². The molecular formula is C9H10ClF4NO2. The zero-order chi connectivity index (χ0) is 12.5. The molecule has 0 aliphatic carbocycles. The summed E-state index contributed by atoms with van der Waals surface area (Å²) in [5.74, 6) is -2.17. The predicted octanol–water partition coefficient (Wildman–Crippen LogP) is 2.52. The van der Waals surface area contributed by atoms with E-state index in [2.05, 4.69) is 4.74 Å². The summed E-state index contributed by atoms with van der Waals surface area (Å²) in [5, 5.41) is 9.38. The van der Waals surface area contributed by atoms with Crippen molar-refractivity contribution in [2.75, 3.05) is 7.11 Å². The maximum Gasteiger partial charge on any atom is 0.407 e. The first-order chi connectivity index (χ1) is 7.27. The molecule has 0 aliphatic rings. The summed E-state index contributed by atoms with van der Waals surface area (Å²) in [7, 11) is 1.09. The Hall–Kier alpha value is -1.21. The first-order valence-corrected chi connectivity index (χ1v) is 4.16. The standard InChI is InChI=1S/C9H9F4NO2.ClH/c1-16-6-3-4(10)2-5(7(6)15)8(14)9(11,12)13;/h2-3,8,15H,14H2,1H3;1H/t8-;/m0./s1. The van der Waals surface area contributed by atoms with E-state index in [1.165, 1.54) is 0 Å². The molecule has 3 nitrogen and oxygen atoms in total. The largest absolute Gasteiger partial charge is 0.504 e. The van der Waals surface area contributed by atoms with Crippen molar-refractivity contribution in [1.29, 1.82) is 0 Å². The molecule has 0 saturated heterocycles. The molecule has 98 valence electrons. The number of hydrogen-bond acceptors (Lipinski definition) is 3. The number of ether oxygens (including phenoxy) is 1. The molecule has 0 aliphatic heterocycles. The number of phenols is 1. The molecule has 3 N–H and O–H groups in total. The number of aromatic hydroxyl groups is 1. The van der Waals surface area contributed by atoms with E-state index in [1.807, 2.05) is 0 Å². The summed E-state index contributed by atoms with van der Waals surface area (Å²) >= 11 is 0. The van der Waals surface area contributed by atoms with Gasteiger partial charge in [-0.3, -0.25) is 0 Å². The lowest BCUT2D eigenvalue weighted by Gasteiger charge is -2.18. The Morgan fingerprint density at radius 3 is 2.29 bits per heavy atom. The van der Waals surface area contributed by atoms with Gasteiger partial charge in [-0.15, -0.1) is 12.4 Å². The van der Waals surface area contributed by atoms with Crippen LogP contribution < -0.4 is 10.5 Å². The van der Waals surface area contributed by atoms with Crippen LogP contribution in [0.3, 0.4) is 0 Å². The average molecular weight is 276 g/mol. The van der Waals surface area contributed by atoms with Crippen molar-refractivity contribution in [3.05, 3.63) is 23.5 Å². The highest BCUT2D eigenvalue weighted by Crippen LogP contribution is 2.39. The summed E-state index contributed by atoms with van der Waals surface area (Å²) in [6.07, 6.45) is -4.77. The average Bonchev–Trinajstić information content (AvgIpc) is 2.18. The van der Waals surface area contributed by atoms with Crippen molar-refractivity contribution < 1.29 is 27.4 Å². The van der Waals surface area contributed by atoms with Gasteiger partial charge in [-0.2, -0.15) is 13.2 Å². The Bertz CT molecular complexity index is 397. The lowest BCUT2D eigenvalue weighted by molar-refractivity contribution is -0.149. The molecule has 0 unspecified atom stereocenters. The molecule has 0 amide bonds. The van der Waals surface area contributed by atoms with Gasteiger partial charge in [0.25, 0.3) is 0 Å². The van der Waals surface area contributed by atoms with Crippen molar-refractivity contribution in [1.82, 2.24) is 0 Å². The van der Waals surface area contributed by atoms with E-state index < -0.39 is 35.1 Å². The van der Waals surface area contributed by atoms with Crippen LogP contribution in [0, 0.1) is 5.82 Å². The molecule has 0 spiro atoms. The third kappa shape index (κ3) is 3.37. The summed E-state index contributed by atoms with van der Waals surface area (Å²) < 4.78 is 54.3. The number of halogens is 5. The Kier molecular flexibility index (Phi) is 5.03.